The van der Waals surface area contributed by atoms with E-state index in [4.69, 9.17) is 35.4 Å². The zero-order chi connectivity index (χ0) is 15.3. The van der Waals surface area contributed by atoms with Crippen molar-refractivity contribution in [3.05, 3.63) is 69.2 Å². The van der Waals surface area contributed by atoms with Crippen LogP contribution in [0.3, 0.4) is 0 Å². The molecule has 1 fully saturated rings. The Labute approximate surface area is 145 Å². The van der Waals surface area contributed by atoms with Gasteiger partial charge in [-0.1, -0.05) is 65.8 Å². The van der Waals surface area contributed by atoms with Crippen LogP contribution in [0.25, 0.3) is 0 Å². The maximum atomic E-state index is 6.51. The molecule has 1 nitrogen and oxygen atoms in total. The monoisotopic (exact) mass is 347 g/mol. The molecule has 4 rings (SSSR count). The maximum Gasteiger partial charge on any atom is 0.0758 e. The Hall–Kier alpha value is -1.09. The van der Waals surface area contributed by atoms with Crippen LogP contribution in [0.5, 0.6) is 0 Å². The molecule has 1 N–H and O–H groups in total. The SMILES string of the molecule is S=C1CCC2C(N1)c1ccccc1C2c1ccc(Cl)cc1Cl. The van der Waals surface area contributed by atoms with Crippen molar-refractivity contribution >= 4 is 40.4 Å². The van der Waals surface area contributed by atoms with E-state index in [1.165, 1.54) is 16.7 Å². The van der Waals surface area contributed by atoms with Gasteiger partial charge in [0.1, 0.15) is 0 Å². The number of rotatable bonds is 1. The summed E-state index contributed by atoms with van der Waals surface area (Å²) in [6.07, 6.45) is 2.04. The van der Waals surface area contributed by atoms with Gasteiger partial charge in [0.25, 0.3) is 0 Å². The van der Waals surface area contributed by atoms with E-state index in [-0.39, 0.29) is 0 Å². The van der Waals surface area contributed by atoms with Crippen molar-refractivity contribution in [1.29, 1.82) is 0 Å². The van der Waals surface area contributed by atoms with Gasteiger partial charge in [-0.3, -0.25) is 0 Å². The first-order valence-electron chi connectivity index (χ1n) is 7.48. The zero-order valence-electron chi connectivity index (χ0n) is 11.9. The molecule has 3 unspecified atom stereocenters. The molecule has 4 heteroatoms. The average Bonchev–Trinajstić information content (AvgIpc) is 2.82. The fourth-order valence-corrected chi connectivity index (χ4v) is 4.72. The minimum absolute atomic E-state index is 0.300. The van der Waals surface area contributed by atoms with Gasteiger partial charge in [0.15, 0.2) is 0 Å². The van der Waals surface area contributed by atoms with E-state index < -0.39 is 0 Å². The number of thiocarbonyl (C=S) groups is 1. The van der Waals surface area contributed by atoms with Crippen molar-refractivity contribution in [2.75, 3.05) is 0 Å². The summed E-state index contributed by atoms with van der Waals surface area (Å²) in [7, 11) is 0. The van der Waals surface area contributed by atoms with Gasteiger partial charge in [0, 0.05) is 16.0 Å². The summed E-state index contributed by atoms with van der Waals surface area (Å²) in [5.41, 5.74) is 3.88. The zero-order valence-corrected chi connectivity index (χ0v) is 14.2. The van der Waals surface area contributed by atoms with Crippen molar-refractivity contribution in [3.8, 4) is 0 Å². The number of hydrogen-bond donors (Lipinski definition) is 1. The summed E-state index contributed by atoms with van der Waals surface area (Å²) in [4.78, 5) is 0.971. The number of benzene rings is 2. The third-order valence-corrected chi connectivity index (χ3v) is 5.73. The second kappa shape index (κ2) is 5.52. The summed E-state index contributed by atoms with van der Waals surface area (Å²) in [6, 6.07) is 14.8. The fourth-order valence-electron chi connectivity index (χ4n) is 3.94. The first-order valence-corrected chi connectivity index (χ1v) is 8.64. The van der Waals surface area contributed by atoms with Gasteiger partial charge in [-0.15, -0.1) is 0 Å². The van der Waals surface area contributed by atoms with Gasteiger partial charge >= 0.3 is 0 Å². The van der Waals surface area contributed by atoms with E-state index >= 15 is 0 Å². The molecule has 112 valence electrons. The lowest BCUT2D eigenvalue weighted by molar-refractivity contribution is 0.357. The van der Waals surface area contributed by atoms with Gasteiger partial charge in [-0.25, -0.2) is 0 Å². The molecule has 0 aromatic heterocycles. The Kier molecular flexibility index (Phi) is 3.64. The summed E-state index contributed by atoms with van der Waals surface area (Å²) in [5.74, 6) is 0.796. The molecule has 1 heterocycles. The number of hydrogen-bond acceptors (Lipinski definition) is 1. The summed E-state index contributed by atoms with van der Waals surface area (Å²) >= 11 is 18.0. The first kappa shape index (κ1) is 14.5. The number of halogens is 2. The van der Waals surface area contributed by atoms with Gasteiger partial charge in [-0.2, -0.15) is 0 Å². The molecular formula is C18H15Cl2NS. The third kappa shape index (κ3) is 2.25. The lowest BCUT2D eigenvalue weighted by atomic mass is 9.80. The summed E-state index contributed by atoms with van der Waals surface area (Å²) < 4.78 is 0. The van der Waals surface area contributed by atoms with Crippen LogP contribution in [0.15, 0.2) is 42.5 Å². The molecule has 2 aliphatic rings. The van der Waals surface area contributed by atoms with Gasteiger partial charge < -0.3 is 5.32 Å². The molecule has 2 aromatic rings. The van der Waals surface area contributed by atoms with Crippen LogP contribution in [-0.4, -0.2) is 4.99 Å². The Morgan fingerprint density at radius 1 is 1.00 bits per heavy atom. The second-order valence-electron chi connectivity index (χ2n) is 6.02. The van der Waals surface area contributed by atoms with Crippen LogP contribution in [0.1, 0.15) is 41.5 Å². The quantitative estimate of drug-likeness (QED) is 0.682. The van der Waals surface area contributed by atoms with E-state index in [0.717, 1.165) is 22.9 Å². The standard InChI is InChI=1S/C18H15Cl2NS/c19-10-5-6-13(15(20)9-10)17-11-3-1-2-4-12(11)18-14(17)7-8-16(22)21-18/h1-6,9,14,17-18H,7-8H2,(H,21,22). The van der Waals surface area contributed by atoms with Crippen LogP contribution < -0.4 is 5.32 Å². The summed E-state index contributed by atoms with van der Waals surface area (Å²) in [6.45, 7) is 0. The van der Waals surface area contributed by atoms with E-state index in [9.17, 15) is 0 Å². The Balaban J connectivity index is 1.86. The van der Waals surface area contributed by atoms with E-state index in [1.54, 1.807) is 0 Å². The molecule has 0 amide bonds. The van der Waals surface area contributed by atoms with Gasteiger partial charge in [-0.05, 0) is 47.6 Å². The number of piperidine rings is 1. The molecule has 0 radical (unpaired) electrons. The first-order chi connectivity index (χ1) is 10.6. The fraction of sp³-hybridized carbons (Fsp3) is 0.278. The minimum atomic E-state index is 0.300. The molecule has 3 atom stereocenters. The predicted molar refractivity (Wildman–Crippen MR) is 95.9 cm³/mol. The van der Waals surface area contributed by atoms with E-state index in [2.05, 4.69) is 35.6 Å². The lowest BCUT2D eigenvalue weighted by Crippen LogP contribution is -2.36. The van der Waals surface area contributed by atoms with Crippen LogP contribution in [0, 0.1) is 5.92 Å². The summed E-state index contributed by atoms with van der Waals surface area (Å²) in [5, 5.41) is 4.96. The van der Waals surface area contributed by atoms with Crippen molar-refractivity contribution < 1.29 is 0 Å². The van der Waals surface area contributed by atoms with Crippen molar-refractivity contribution in [2.45, 2.75) is 24.8 Å². The highest BCUT2D eigenvalue weighted by molar-refractivity contribution is 7.80. The maximum absolute atomic E-state index is 6.51. The average molecular weight is 348 g/mol. The number of nitrogens with one attached hydrogen (secondary N) is 1. The van der Waals surface area contributed by atoms with Crippen LogP contribution >= 0.6 is 35.4 Å². The van der Waals surface area contributed by atoms with Crippen LogP contribution in [-0.2, 0) is 0 Å². The van der Waals surface area contributed by atoms with Crippen LogP contribution in [0.4, 0.5) is 0 Å². The molecule has 0 bridgehead atoms. The highest BCUT2D eigenvalue weighted by Crippen LogP contribution is 2.53. The molecule has 1 aliphatic carbocycles. The molecule has 1 saturated heterocycles. The molecular weight excluding hydrogens is 333 g/mol. The van der Waals surface area contributed by atoms with E-state index in [0.29, 0.717) is 22.9 Å². The molecule has 1 aliphatic heterocycles. The highest BCUT2D eigenvalue weighted by atomic mass is 35.5. The van der Waals surface area contributed by atoms with Gasteiger partial charge in [0.2, 0.25) is 0 Å². The largest absolute Gasteiger partial charge is 0.373 e. The Morgan fingerprint density at radius 3 is 2.55 bits per heavy atom. The number of fused-ring (bicyclic) bond motifs is 3. The van der Waals surface area contributed by atoms with Gasteiger partial charge in [0.05, 0.1) is 11.0 Å². The van der Waals surface area contributed by atoms with Crippen molar-refractivity contribution in [1.82, 2.24) is 5.32 Å². The third-order valence-electron chi connectivity index (χ3n) is 4.84. The second-order valence-corrected chi connectivity index (χ2v) is 7.36. The molecule has 2 aromatic carbocycles. The molecule has 22 heavy (non-hydrogen) atoms. The lowest BCUT2D eigenvalue weighted by Gasteiger charge is -2.32. The minimum Gasteiger partial charge on any atom is -0.373 e. The normalized spacial score (nSPS) is 26.3. The Morgan fingerprint density at radius 2 is 1.77 bits per heavy atom. The van der Waals surface area contributed by atoms with Crippen molar-refractivity contribution in [3.63, 3.8) is 0 Å². The van der Waals surface area contributed by atoms with Crippen LogP contribution in [0.2, 0.25) is 10.0 Å². The molecule has 0 saturated carbocycles. The topological polar surface area (TPSA) is 12.0 Å². The highest BCUT2D eigenvalue weighted by Gasteiger charge is 2.43. The predicted octanol–water partition coefficient (Wildman–Crippen LogP) is 5.51. The van der Waals surface area contributed by atoms with Crippen molar-refractivity contribution in [2.24, 2.45) is 5.92 Å². The Bertz CT molecular complexity index is 759. The van der Waals surface area contributed by atoms with E-state index in [1.807, 2.05) is 12.1 Å². The smallest absolute Gasteiger partial charge is 0.0758 e. The molecule has 0 spiro atoms.